The number of nitrogens with two attached hydrogens (primary N) is 1. The van der Waals surface area contributed by atoms with Gasteiger partial charge in [0.2, 0.25) is 0 Å². The van der Waals surface area contributed by atoms with Crippen molar-refractivity contribution in [2.45, 2.75) is 6.10 Å². The van der Waals surface area contributed by atoms with Gasteiger partial charge in [-0.15, -0.1) is 0 Å². The molecule has 1 aromatic heterocycles. The third-order valence-electron chi connectivity index (χ3n) is 5.03. The third kappa shape index (κ3) is 3.52. The molecule has 1 amide bonds. The molecule has 0 radical (unpaired) electrons. The first-order valence-corrected chi connectivity index (χ1v) is 9.03. The fourth-order valence-corrected chi connectivity index (χ4v) is 3.54. The monoisotopic (exact) mass is 371 g/mol. The summed E-state index contributed by atoms with van der Waals surface area (Å²) in [6.45, 7) is 3.66. The number of nitrogens with zero attached hydrogens (tertiary/aromatic N) is 4. The SMILES string of the molecule is NC[C@H]1CN(c2ccc(N3CCN(c4ccncc4)CC3)c(F)c2)C(=O)O1. The van der Waals surface area contributed by atoms with Gasteiger partial charge < -0.3 is 20.3 Å². The molecule has 2 fully saturated rings. The lowest BCUT2D eigenvalue weighted by atomic mass is 10.2. The Bertz CT molecular complexity index is 811. The zero-order chi connectivity index (χ0) is 18.8. The van der Waals surface area contributed by atoms with Crippen molar-refractivity contribution in [2.24, 2.45) is 5.73 Å². The highest BCUT2D eigenvalue weighted by molar-refractivity contribution is 5.90. The van der Waals surface area contributed by atoms with Crippen molar-refractivity contribution in [1.29, 1.82) is 0 Å². The topological polar surface area (TPSA) is 74.9 Å². The fourth-order valence-electron chi connectivity index (χ4n) is 3.54. The number of amides is 1. The van der Waals surface area contributed by atoms with Crippen LogP contribution in [0.4, 0.5) is 26.2 Å². The lowest BCUT2D eigenvalue weighted by Gasteiger charge is -2.37. The second-order valence-corrected chi connectivity index (χ2v) is 6.67. The summed E-state index contributed by atoms with van der Waals surface area (Å²) in [6, 6.07) is 8.85. The molecule has 8 heteroatoms. The quantitative estimate of drug-likeness (QED) is 0.884. The van der Waals surface area contributed by atoms with E-state index in [9.17, 15) is 9.18 Å². The molecule has 2 aliphatic heterocycles. The first-order valence-electron chi connectivity index (χ1n) is 9.03. The van der Waals surface area contributed by atoms with Crippen LogP contribution < -0.4 is 20.4 Å². The first-order chi connectivity index (χ1) is 13.2. The Hall–Kier alpha value is -2.87. The van der Waals surface area contributed by atoms with E-state index in [1.165, 1.54) is 11.0 Å². The minimum atomic E-state index is -0.483. The number of halogens is 1. The van der Waals surface area contributed by atoms with E-state index >= 15 is 0 Å². The Balaban J connectivity index is 1.44. The number of carbonyl (C=O) groups is 1. The summed E-state index contributed by atoms with van der Waals surface area (Å²) in [4.78, 5) is 21.7. The molecule has 2 saturated heterocycles. The molecular weight excluding hydrogens is 349 g/mol. The highest BCUT2D eigenvalue weighted by atomic mass is 19.1. The molecule has 0 saturated carbocycles. The average Bonchev–Trinajstić information content (AvgIpc) is 3.10. The largest absolute Gasteiger partial charge is 0.443 e. The van der Waals surface area contributed by atoms with Crippen molar-refractivity contribution in [3.63, 3.8) is 0 Å². The van der Waals surface area contributed by atoms with Crippen LogP contribution in [0, 0.1) is 5.82 Å². The lowest BCUT2D eigenvalue weighted by molar-refractivity contribution is 0.145. The third-order valence-corrected chi connectivity index (χ3v) is 5.03. The van der Waals surface area contributed by atoms with E-state index in [2.05, 4.69) is 9.88 Å². The summed E-state index contributed by atoms with van der Waals surface area (Å²) < 4.78 is 19.9. The number of aromatic nitrogens is 1. The number of rotatable bonds is 4. The maximum absolute atomic E-state index is 14.7. The summed E-state index contributed by atoms with van der Waals surface area (Å²) >= 11 is 0. The molecule has 1 aromatic carbocycles. The summed E-state index contributed by atoms with van der Waals surface area (Å²) in [5, 5.41) is 0. The zero-order valence-electron chi connectivity index (χ0n) is 14.9. The number of benzene rings is 1. The minimum Gasteiger partial charge on any atom is -0.443 e. The van der Waals surface area contributed by atoms with Crippen LogP contribution in [0.1, 0.15) is 0 Å². The molecule has 0 aliphatic carbocycles. The van der Waals surface area contributed by atoms with Crippen molar-refractivity contribution < 1.29 is 13.9 Å². The van der Waals surface area contributed by atoms with Gasteiger partial charge in [-0.3, -0.25) is 9.88 Å². The minimum absolute atomic E-state index is 0.255. The molecule has 2 aromatic rings. The lowest BCUT2D eigenvalue weighted by Crippen LogP contribution is -2.46. The average molecular weight is 371 g/mol. The molecule has 1 atom stereocenters. The predicted octanol–water partition coefficient (Wildman–Crippen LogP) is 1.83. The van der Waals surface area contributed by atoms with Crippen LogP contribution in [0.3, 0.4) is 0 Å². The van der Waals surface area contributed by atoms with E-state index in [0.717, 1.165) is 31.9 Å². The normalized spacial score (nSPS) is 20.1. The Morgan fingerprint density at radius 1 is 1.07 bits per heavy atom. The number of pyridine rings is 1. The van der Waals surface area contributed by atoms with Crippen molar-refractivity contribution in [2.75, 3.05) is 54.0 Å². The van der Waals surface area contributed by atoms with Gasteiger partial charge in [-0.2, -0.15) is 0 Å². The van der Waals surface area contributed by atoms with Crippen LogP contribution in [-0.2, 0) is 4.74 Å². The van der Waals surface area contributed by atoms with Gasteiger partial charge in [0.05, 0.1) is 17.9 Å². The first kappa shape index (κ1) is 17.5. The van der Waals surface area contributed by atoms with Gasteiger partial charge in [0.25, 0.3) is 0 Å². The van der Waals surface area contributed by atoms with Gasteiger partial charge in [-0.1, -0.05) is 0 Å². The van der Waals surface area contributed by atoms with Crippen LogP contribution >= 0.6 is 0 Å². The number of carbonyl (C=O) groups excluding carboxylic acids is 1. The molecule has 27 heavy (non-hydrogen) atoms. The predicted molar refractivity (Wildman–Crippen MR) is 102 cm³/mol. The highest BCUT2D eigenvalue weighted by Crippen LogP contribution is 2.29. The van der Waals surface area contributed by atoms with Gasteiger partial charge in [0.1, 0.15) is 11.9 Å². The smallest absolute Gasteiger partial charge is 0.414 e. The summed E-state index contributed by atoms with van der Waals surface area (Å²) in [5.41, 5.74) is 7.72. The van der Waals surface area contributed by atoms with Gasteiger partial charge in [0.15, 0.2) is 0 Å². The molecule has 0 spiro atoms. The van der Waals surface area contributed by atoms with E-state index < -0.39 is 6.09 Å². The number of hydrogen-bond donors (Lipinski definition) is 1. The second kappa shape index (κ2) is 7.40. The van der Waals surface area contributed by atoms with Crippen LogP contribution in [0.25, 0.3) is 0 Å². The van der Waals surface area contributed by atoms with Crippen LogP contribution in [-0.4, -0.2) is 56.4 Å². The van der Waals surface area contributed by atoms with Crippen molar-refractivity contribution >= 4 is 23.2 Å². The van der Waals surface area contributed by atoms with E-state index in [-0.39, 0.29) is 18.5 Å². The Labute approximate surface area is 157 Å². The summed E-state index contributed by atoms with van der Waals surface area (Å²) in [5.74, 6) is -0.339. The molecule has 4 rings (SSSR count). The van der Waals surface area contributed by atoms with Gasteiger partial charge in [0, 0.05) is 50.8 Å². The molecule has 3 heterocycles. The van der Waals surface area contributed by atoms with E-state index in [0.29, 0.717) is 17.9 Å². The number of ether oxygens (including phenoxy) is 1. The van der Waals surface area contributed by atoms with Crippen molar-refractivity contribution in [3.8, 4) is 0 Å². The summed E-state index contributed by atoms with van der Waals surface area (Å²) in [6.07, 6.45) is 2.72. The fraction of sp³-hybridized carbons (Fsp3) is 0.368. The Kier molecular flexibility index (Phi) is 4.81. The second-order valence-electron chi connectivity index (χ2n) is 6.67. The van der Waals surface area contributed by atoms with Gasteiger partial charge >= 0.3 is 6.09 Å². The summed E-state index contributed by atoms with van der Waals surface area (Å²) in [7, 11) is 0. The van der Waals surface area contributed by atoms with Crippen molar-refractivity contribution in [1.82, 2.24) is 4.98 Å². The van der Waals surface area contributed by atoms with Gasteiger partial charge in [-0.25, -0.2) is 9.18 Å². The van der Waals surface area contributed by atoms with E-state index in [1.807, 2.05) is 17.0 Å². The van der Waals surface area contributed by atoms with E-state index in [1.54, 1.807) is 24.5 Å². The number of anilines is 3. The molecule has 0 bridgehead atoms. The zero-order valence-corrected chi connectivity index (χ0v) is 14.9. The maximum Gasteiger partial charge on any atom is 0.414 e. The van der Waals surface area contributed by atoms with E-state index in [4.69, 9.17) is 10.5 Å². The maximum atomic E-state index is 14.7. The standard InChI is InChI=1S/C19H22FN5O2/c20-17-11-15(25-13-16(12-21)27-19(25)26)1-2-18(17)24-9-7-23(8-10-24)14-3-5-22-6-4-14/h1-6,11,16H,7-10,12-13,21H2/t16-/m0/s1. The number of cyclic esters (lactones) is 1. The Morgan fingerprint density at radius 3 is 2.41 bits per heavy atom. The Morgan fingerprint density at radius 2 is 1.78 bits per heavy atom. The molecule has 2 aliphatic rings. The van der Waals surface area contributed by atoms with Crippen LogP contribution in [0.15, 0.2) is 42.7 Å². The number of piperazine rings is 1. The number of hydrogen-bond acceptors (Lipinski definition) is 6. The molecular formula is C19H22FN5O2. The van der Waals surface area contributed by atoms with Crippen LogP contribution in [0.5, 0.6) is 0 Å². The molecule has 0 unspecified atom stereocenters. The molecule has 2 N–H and O–H groups in total. The van der Waals surface area contributed by atoms with Gasteiger partial charge in [-0.05, 0) is 30.3 Å². The highest BCUT2D eigenvalue weighted by Gasteiger charge is 2.32. The van der Waals surface area contributed by atoms with Crippen molar-refractivity contribution in [3.05, 3.63) is 48.5 Å². The molecule has 7 nitrogen and oxygen atoms in total. The van der Waals surface area contributed by atoms with Crippen LogP contribution in [0.2, 0.25) is 0 Å². The molecule has 142 valence electrons.